The van der Waals surface area contributed by atoms with Crippen LogP contribution in [-0.2, 0) is 16.0 Å². The second-order valence-electron chi connectivity index (χ2n) is 6.13. The van der Waals surface area contributed by atoms with Crippen molar-refractivity contribution >= 4 is 6.21 Å². The molecular formula is C20H25NO4. The molecule has 0 amide bonds. The number of hydroxylamine groups is 1. The van der Waals surface area contributed by atoms with Gasteiger partial charge < -0.3 is 19.4 Å². The normalized spacial score (nSPS) is 13.5. The monoisotopic (exact) mass is 343 g/mol. The van der Waals surface area contributed by atoms with Gasteiger partial charge in [0.1, 0.15) is 5.75 Å². The van der Waals surface area contributed by atoms with E-state index in [2.05, 4.69) is 0 Å². The predicted molar refractivity (Wildman–Crippen MR) is 97.7 cm³/mol. The highest BCUT2D eigenvalue weighted by atomic mass is 16.7. The number of ether oxygens (including phenoxy) is 3. The van der Waals surface area contributed by atoms with E-state index in [1.54, 1.807) is 14.2 Å². The quantitative estimate of drug-likeness (QED) is 0.240. The van der Waals surface area contributed by atoms with Gasteiger partial charge in [0, 0.05) is 12.7 Å². The van der Waals surface area contributed by atoms with Gasteiger partial charge in [0.05, 0.1) is 7.11 Å². The van der Waals surface area contributed by atoms with Gasteiger partial charge in [0.25, 0.3) is 0 Å². The molecule has 0 unspecified atom stereocenters. The van der Waals surface area contributed by atoms with E-state index in [0.29, 0.717) is 0 Å². The van der Waals surface area contributed by atoms with Crippen molar-refractivity contribution in [3.05, 3.63) is 70.9 Å². The molecule has 0 fully saturated rings. The molecule has 0 radical (unpaired) electrons. The Bertz CT molecular complexity index is 681. The average molecular weight is 343 g/mol. The molecule has 0 aliphatic carbocycles. The van der Waals surface area contributed by atoms with Gasteiger partial charge in [-0.1, -0.05) is 42.5 Å². The molecule has 0 spiro atoms. The molecule has 25 heavy (non-hydrogen) atoms. The lowest BCUT2D eigenvalue weighted by Gasteiger charge is -2.27. The molecule has 0 heterocycles. The number of methoxy groups -OCH3 is 2. The van der Waals surface area contributed by atoms with Crippen LogP contribution in [0.15, 0.2) is 54.6 Å². The zero-order valence-corrected chi connectivity index (χ0v) is 15.1. The Kier molecular flexibility index (Phi) is 6.56. The van der Waals surface area contributed by atoms with Crippen LogP contribution in [-0.4, -0.2) is 31.0 Å². The minimum atomic E-state index is -0.825. The van der Waals surface area contributed by atoms with Crippen molar-refractivity contribution < 1.29 is 18.9 Å². The summed E-state index contributed by atoms with van der Waals surface area (Å²) in [5.41, 5.74) is 1.79. The predicted octanol–water partition coefficient (Wildman–Crippen LogP) is 3.92. The van der Waals surface area contributed by atoms with E-state index >= 15 is 0 Å². The van der Waals surface area contributed by atoms with Gasteiger partial charge >= 0.3 is 0 Å². The fourth-order valence-corrected chi connectivity index (χ4v) is 2.30. The zero-order valence-electron chi connectivity index (χ0n) is 15.1. The number of nitrogens with zero attached hydrogens (tertiary/aromatic N) is 1. The fourth-order valence-electron chi connectivity index (χ4n) is 2.30. The van der Waals surface area contributed by atoms with E-state index in [1.807, 2.05) is 68.4 Å². The lowest BCUT2D eigenvalue weighted by molar-refractivity contribution is -0.474. The minimum Gasteiger partial charge on any atom is -0.624 e. The van der Waals surface area contributed by atoms with E-state index < -0.39 is 11.9 Å². The van der Waals surface area contributed by atoms with E-state index in [-0.39, 0.29) is 6.54 Å². The Morgan fingerprint density at radius 3 is 2.24 bits per heavy atom. The average Bonchev–Trinajstić information content (AvgIpc) is 2.62. The van der Waals surface area contributed by atoms with Crippen LogP contribution < -0.4 is 4.74 Å². The highest BCUT2D eigenvalue weighted by Gasteiger charge is 2.25. The standard InChI is InChI=1S/C20H25NO4/c1-20(2,24-4)25-19(17-10-12-18(23-3)13-11-17)15-21(22)14-16-8-6-5-7-9-16/h5-13,15,19H,14H2,1-4H3/b21-15-/t19-/m0/s1. The number of rotatable bonds is 8. The van der Waals surface area contributed by atoms with E-state index in [4.69, 9.17) is 14.2 Å². The first-order valence-corrected chi connectivity index (χ1v) is 8.13. The third kappa shape index (κ3) is 5.89. The maximum Gasteiger partial charge on any atom is 0.185 e. The molecular weight excluding hydrogens is 318 g/mol. The summed E-state index contributed by atoms with van der Waals surface area (Å²) in [6.07, 6.45) is 0.984. The Morgan fingerprint density at radius 2 is 1.68 bits per heavy atom. The molecule has 2 aromatic carbocycles. The van der Waals surface area contributed by atoms with Crippen LogP contribution in [0.3, 0.4) is 0 Å². The highest BCUT2D eigenvalue weighted by molar-refractivity contribution is 5.61. The molecule has 0 bridgehead atoms. The molecule has 0 aliphatic heterocycles. The Labute approximate surface area is 149 Å². The van der Waals surface area contributed by atoms with Crippen molar-refractivity contribution in [2.24, 2.45) is 0 Å². The van der Waals surface area contributed by atoms with Crippen molar-refractivity contribution in [3.63, 3.8) is 0 Å². The second-order valence-corrected chi connectivity index (χ2v) is 6.13. The third-order valence-electron chi connectivity index (χ3n) is 3.83. The summed E-state index contributed by atoms with van der Waals surface area (Å²) in [6, 6.07) is 17.0. The third-order valence-corrected chi connectivity index (χ3v) is 3.83. The topological polar surface area (TPSA) is 53.8 Å². The van der Waals surface area contributed by atoms with E-state index in [0.717, 1.165) is 21.6 Å². The van der Waals surface area contributed by atoms with Crippen LogP contribution in [0.2, 0.25) is 0 Å². The molecule has 5 nitrogen and oxygen atoms in total. The largest absolute Gasteiger partial charge is 0.624 e. The van der Waals surface area contributed by atoms with Gasteiger partial charge in [-0.2, -0.15) is 0 Å². The van der Waals surface area contributed by atoms with Gasteiger partial charge in [-0.3, -0.25) is 0 Å². The van der Waals surface area contributed by atoms with Gasteiger partial charge in [0.15, 0.2) is 24.7 Å². The van der Waals surface area contributed by atoms with Crippen molar-refractivity contribution in [3.8, 4) is 5.75 Å². The summed E-state index contributed by atoms with van der Waals surface area (Å²) >= 11 is 0. The summed E-state index contributed by atoms with van der Waals surface area (Å²) < 4.78 is 17.4. The van der Waals surface area contributed by atoms with Crippen LogP contribution in [0.5, 0.6) is 5.75 Å². The summed E-state index contributed by atoms with van der Waals surface area (Å²) in [7, 11) is 3.19. The molecule has 5 heteroatoms. The molecule has 1 atom stereocenters. The zero-order chi connectivity index (χ0) is 18.3. The van der Waals surface area contributed by atoms with Crippen LogP contribution in [0.25, 0.3) is 0 Å². The van der Waals surface area contributed by atoms with Crippen molar-refractivity contribution in [1.29, 1.82) is 0 Å². The molecule has 134 valence electrons. The Hall–Kier alpha value is -2.37. The maximum atomic E-state index is 12.4. The van der Waals surface area contributed by atoms with E-state index in [1.165, 1.54) is 6.21 Å². The smallest absolute Gasteiger partial charge is 0.185 e. The lowest BCUT2D eigenvalue weighted by atomic mass is 10.1. The van der Waals surface area contributed by atoms with Crippen molar-refractivity contribution in [2.45, 2.75) is 32.3 Å². The van der Waals surface area contributed by atoms with E-state index in [9.17, 15) is 5.21 Å². The first-order valence-electron chi connectivity index (χ1n) is 8.13. The van der Waals surface area contributed by atoms with Crippen LogP contribution in [0, 0.1) is 5.21 Å². The van der Waals surface area contributed by atoms with Gasteiger partial charge in [-0.15, -0.1) is 0 Å². The first kappa shape index (κ1) is 19.0. The molecule has 0 aliphatic rings. The number of benzene rings is 2. The van der Waals surface area contributed by atoms with Gasteiger partial charge in [-0.05, 0) is 31.5 Å². The van der Waals surface area contributed by atoms with Crippen LogP contribution in [0.4, 0.5) is 0 Å². The Balaban J connectivity index is 2.24. The highest BCUT2D eigenvalue weighted by Crippen LogP contribution is 2.25. The summed E-state index contributed by atoms with van der Waals surface area (Å²) in [5.74, 6) is -0.0777. The van der Waals surface area contributed by atoms with Gasteiger partial charge in [0.2, 0.25) is 0 Å². The maximum absolute atomic E-state index is 12.4. The van der Waals surface area contributed by atoms with Crippen molar-refractivity contribution in [2.75, 3.05) is 14.2 Å². The molecule has 0 N–H and O–H groups in total. The first-order chi connectivity index (χ1) is 11.9. The SMILES string of the molecule is COc1ccc([C@H](/C=[N+](\[O-])Cc2ccccc2)OC(C)(C)OC)cc1. The molecule has 2 rings (SSSR count). The van der Waals surface area contributed by atoms with Gasteiger partial charge in [-0.25, -0.2) is 4.74 Å². The number of hydrogen-bond acceptors (Lipinski definition) is 4. The molecule has 0 saturated carbocycles. The number of hydrogen-bond donors (Lipinski definition) is 0. The molecule has 0 aromatic heterocycles. The molecule has 2 aromatic rings. The lowest BCUT2D eigenvalue weighted by Crippen LogP contribution is -2.30. The van der Waals surface area contributed by atoms with Crippen LogP contribution >= 0.6 is 0 Å². The molecule has 0 saturated heterocycles. The second kappa shape index (κ2) is 8.65. The summed E-state index contributed by atoms with van der Waals surface area (Å²) in [4.78, 5) is 0. The van der Waals surface area contributed by atoms with Crippen molar-refractivity contribution in [1.82, 2.24) is 0 Å². The summed E-state index contributed by atoms with van der Waals surface area (Å²) in [6.45, 7) is 3.87. The fraction of sp³-hybridized carbons (Fsp3) is 0.350. The Morgan fingerprint density at radius 1 is 1.04 bits per heavy atom. The summed E-state index contributed by atoms with van der Waals surface area (Å²) in [5, 5.41) is 12.4. The van der Waals surface area contributed by atoms with Crippen LogP contribution in [0.1, 0.15) is 31.1 Å². The minimum absolute atomic E-state index is 0.254.